The third-order valence-electron chi connectivity index (χ3n) is 3.80. The summed E-state index contributed by atoms with van der Waals surface area (Å²) < 4.78 is 0. The molecule has 1 heterocycles. The Morgan fingerprint density at radius 1 is 0.926 bits per heavy atom. The Morgan fingerprint density at radius 2 is 1.41 bits per heavy atom. The molecule has 0 unspecified atom stereocenters. The third kappa shape index (κ3) is 4.18. The van der Waals surface area contributed by atoms with Crippen molar-refractivity contribution in [3.63, 3.8) is 0 Å². The van der Waals surface area contributed by atoms with Crippen molar-refractivity contribution in [2.75, 3.05) is 16.8 Å². The molecule has 2 aromatic carbocycles. The van der Waals surface area contributed by atoms with Crippen molar-refractivity contribution in [1.82, 2.24) is 9.97 Å². The van der Waals surface area contributed by atoms with E-state index in [0.29, 0.717) is 10.0 Å². The SMILES string of the molecule is Nc1nc(N)c([N+](=O)[O-])c(NC(c2ccc(Cl)cc2)c2ccc(Cl)cc2)n1. The van der Waals surface area contributed by atoms with E-state index >= 15 is 0 Å². The molecule has 0 spiro atoms. The monoisotopic (exact) mass is 404 g/mol. The van der Waals surface area contributed by atoms with Crippen molar-refractivity contribution in [3.05, 3.63) is 79.8 Å². The highest BCUT2D eigenvalue weighted by Gasteiger charge is 2.26. The van der Waals surface area contributed by atoms with Crippen LogP contribution < -0.4 is 16.8 Å². The summed E-state index contributed by atoms with van der Waals surface area (Å²) in [6.07, 6.45) is 0. The number of nitrogens with zero attached hydrogens (tertiary/aromatic N) is 3. The van der Waals surface area contributed by atoms with Crippen LogP contribution in [0.1, 0.15) is 17.2 Å². The van der Waals surface area contributed by atoms with Crippen molar-refractivity contribution in [2.24, 2.45) is 0 Å². The molecule has 8 nitrogen and oxygen atoms in total. The Bertz CT molecular complexity index is 934. The van der Waals surface area contributed by atoms with E-state index in [1.165, 1.54) is 0 Å². The second-order valence-corrected chi connectivity index (χ2v) is 6.47. The van der Waals surface area contributed by atoms with Crippen LogP contribution in [-0.2, 0) is 0 Å². The van der Waals surface area contributed by atoms with E-state index in [4.69, 9.17) is 34.7 Å². The standard InChI is InChI=1S/C17H14Cl2N6O2/c18-11-5-1-9(2-6-11)13(10-3-7-12(19)8-4-10)22-16-14(25(26)27)15(20)23-17(21)24-16/h1-8,13H,(H5,20,21,22,23,24). The highest BCUT2D eigenvalue weighted by molar-refractivity contribution is 6.30. The van der Waals surface area contributed by atoms with Gasteiger partial charge in [-0.1, -0.05) is 47.5 Å². The lowest BCUT2D eigenvalue weighted by atomic mass is 9.98. The highest BCUT2D eigenvalue weighted by atomic mass is 35.5. The van der Waals surface area contributed by atoms with E-state index in [9.17, 15) is 10.1 Å². The van der Waals surface area contributed by atoms with Crippen molar-refractivity contribution >= 4 is 46.5 Å². The van der Waals surface area contributed by atoms with Crippen LogP contribution in [0.25, 0.3) is 0 Å². The van der Waals surface area contributed by atoms with E-state index < -0.39 is 16.7 Å². The Morgan fingerprint density at radius 3 is 1.85 bits per heavy atom. The molecule has 10 heteroatoms. The minimum Gasteiger partial charge on any atom is -0.378 e. The Balaban J connectivity index is 2.11. The topological polar surface area (TPSA) is 133 Å². The first kappa shape index (κ1) is 18.7. The maximum absolute atomic E-state index is 11.4. The van der Waals surface area contributed by atoms with E-state index in [2.05, 4.69) is 15.3 Å². The molecular weight excluding hydrogens is 391 g/mol. The maximum Gasteiger partial charge on any atom is 0.353 e. The number of anilines is 3. The second kappa shape index (κ2) is 7.65. The van der Waals surface area contributed by atoms with Gasteiger partial charge in [0.2, 0.25) is 17.6 Å². The van der Waals surface area contributed by atoms with Gasteiger partial charge in [-0.3, -0.25) is 10.1 Å². The number of rotatable bonds is 5. The first-order valence-electron chi connectivity index (χ1n) is 7.70. The summed E-state index contributed by atoms with van der Waals surface area (Å²) >= 11 is 11.9. The molecule has 0 aliphatic heterocycles. The molecule has 0 fully saturated rings. The molecular formula is C17H14Cl2N6O2. The van der Waals surface area contributed by atoms with Crippen LogP contribution in [0, 0.1) is 10.1 Å². The van der Waals surface area contributed by atoms with Crippen LogP contribution >= 0.6 is 23.2 Å². The minimum absolute atomic E-state index is 0.0834. The zero-order chi connectivity index (χ0) is 19.6. The molecule has 5 N–H and O–H groups in total. The lowest BCUT2D eigenvalue weighted by Gasteiger charge is -2.21. The van der Waals surface area contributed by atoms with Gasteiger partial charge in [0.25, 0.3) is 0 Å². The number of aromatic nitrogens is 2. The summed E-state index contributed by atoms with van der Waals surface area (Å²) in [5.74, 6) is -0.576. The van der Waals surface area contributed by atoms with E-state index in [-0.39, 0.29) is 17.6 Å². The van der Waals surface area contributed by atoms with E-state index in [1.54, 1.807) is 48.5 Å². The quantitative estimate of drug-likeness (QED) is 0.431. The fourth-order valence-corrected chi connectivity index (χ4v) is 2.83. The van der Waals surface area contributed by atoms with Gasteiger partial charge in [-0.25, -0.2) is 0 Å². The van der Waals surface area contributed by atoms with Crippen molar-refractivity contribution in [3.8, 4) is 0 Å². The number of hydrogen-bond donors (Lipinski definition) is 3. The fraction of sp³-hybridized carbons (Fsp3) is 0.0588. The first-order chi connectivity index (χ1) is 12.8. The van der Waals surface area contributed by atoms with Gasteiger partial charge < -0.3 is 16.8 Å². The number of nitrogens with one attached hydrogen (secondary N) is 1. The summed E-state index contributed by atoms with van der Waals surface area (Å²) in [6, 6.07) is 13.6. The van der Waals surface area contributed by atoms with Crippen LogP contribution in [0.15, 0.2) is 48.5 Å². The molecule has 0 radical (unpaired) electrons. The highest BCUT2D eigenvalue weighted by Crippen LogP contribution is 2.34. The fourth-order valence-electron chi connectivity index (χ4n) is 2.58. The van der Waals surface area contributed by atoms with Gasteiger partial charge in [0.1, 0.15) is 0 Å². The minimum atomic E-state index is -0.655. The molecule has 3 aromatic rings. The normalized spacial score (nSPS) is 10.8. The molecule has 3 rings (SSSR count). The Hall–Kier alpha value is -3.10. The first-order valence-corrected chi connectivity index (χ1v) is 8.45. The van der Waals surface area contributed by atoms with Gasteiger partial charge in [-0.15, -0.1) is 0 Å². The number of nitrogen functional groups attached to an aromatic ring is 2. The number of benzene rings is 2. The average molecular weight is 405 g/mol. The number of hydrogen-bond acceptors (Lipinski definition) is 7. The zero-order valence-corrected chi connectivity index (χ0v) is 15.3. The van der Waals surface area contributed by atoms with Gasteiger partial charge in [0.05, 0.1) is 11.0 Å². The Kier molecular flexibility index (Phi) is 5.29. The largest absolute Gasteiger partial charge is 0.378 e. The molecule has 1 aromatic heterocycles. The molecule has 138 valence electrons. The maximum atomic E-state index is 11.4. The van der Waals surface area contributed by atoms with Crippen LogP contribution in [0.2, 0.25) is 10.0 Å². The van der Waals surface area contributed by atoms with Crippen LogP contribution in [0.5, 0.6) is 0 Å². The number of nitro groups is 1. The summed E-state index contributed by atoms with van der Waals surface area (Å²) in [5.41, 5.74) is 12.4. The molecule has 0 aliphatic carbocycles. The van der Waals surface area contributed by atoms with Gasteiger partial charge in [0, 0.05) is 10.0 Å². The average Bonchev–Trinajstić information content (AvgIpc) is 2.60. The number of nitrogens with two attached hydrogens (primary N) is 2. The predicted octanol–water partition coefficient (Wildman–Crippen LogP) is 4.06. The zero-order valence-electron chi connectivity index (χ0n) is 13.8. The van der Waals surface area contributed by atoms with Gasteiger partial charge in [-0.05, 0) is 35.4 Å². The van der Waals surface area contributed by atoms with Gasteiger partial charge >= 0.3 is 5.69 Å². The van der Waals surface area contributed by atoms with E-state index in [0.717, 1.165) is 11.1 Å². The summed E-state index contributed by atoms with van der Waals surface area (Å²) in [6.45, 7) is 0. The van der Waals surface area contributed by atoms with Crippen LogP contribution in [0.3, 0.4) is 0 Å². The van der Waals surface area contributed by atoms with Crippen molar-refractivity contribution < 1.29 is 4.92 Å². The molecule has 0 atom stereocenters. The van der Waals surface area contributed by atoms with Crippen LogP contribution in [0.4, 0.5) is 23.3 Å². The molecule has 27 heavy (non-hydrogen) atoms. The predicted molar refractivity (Wildman–Crippen MR) is 106 cm³/mol. The molecule has 0 saturated carbocycles. The third-order valence-corrected chi connectivity index (χ3v) is 4.30. The lowest BCUT2D eigenvalue weighted by Crippen LogP contribution is -2.16. The smallest absolute Gasteiger partial charge is 0.353 e. The summed E-state index contributed by atoms with van der Waals surface area (Å²) in [5, 5.41) is 15.6. The van der Waals surface area contributed by atoms with Crippen molar-refractivity contribution in [2.45, 2.75) is 6.04 Å². The molecule has 0 aliphatic rings. The van der Waals surface area contributed by atoms with Gasteiger partial charge in [0.15, 0.2) is 0 Å². The molecule has 0 amide bonds. The Labute approximate surface area is 164 Å². The van der Waals surface area contributed by atoms with E-state index in [1.807, 2.05) is 0 Å². The molecule has 0 bridgehead atoms. The number of halogens is 2. The summed E-state index contributed by atoms with van der Waals surface area (Å²) in [7, 11) is 0. The lowest BCUT2D eigenvalue weighted by molar-refractivity contribution is -0.383. The molecule has 0 saturated heterocycles. The van der Waals surface area contributed by atoms with Gasteiger partial charge in [-0.2, -0.15) is 9.97 Å². The van der Waals surface area contributed by atoms with Crippen LogP contribution in [-0.4, -0.2) is 14.9 Å². The van der Waals surface area contributed by atoms with Crippen molar-refractivity contribution in [1.29, 1.82) is 0 Å². The summed E-state index contributed by atoms with van der Waals surface area (Å²) in [4.78, 5) is 18.4. The second-order valence-electron chi connectivity index (χ2n) is 5.60.